The Morgan fingerprint density at radius 2 is 1.95 bits per heavy atom. The van der Waals surface area contributed by atoms with Gasteiger partial charge in [-0.3, -0.25) is 0 Å². The van der Waals surface area contributed by atoms with Gasteiger partial charge in [-0.1, -0.05) is 0 Å². The van der Waals surface area contributed by atoms with Gasteiger partial charge in [0.1, 0.15) is 5.82 Å². The molecular formula is C15H17FN2O3. The summed E-state index contributed by atoms with van der Waals surface area (Å²) in [6, 6.07) is 3.93. The average molecular weight is 292 g/mol. The lowest BCUT2D eigenvalue weighted by Gasteiger charge is -2.26. The maximum Gasteiger partial charge on any atom is 0.328 e. The van der Waals surface area contributed by atoms with Gasteiger partial charge in [0.15, 0.2) is 0 Å². The number of halogens is 1. The molecule has 0 saturated carbocycles. The first-order valence-corrected chi connectivity index (χ1v) is 6.83. The molecule has 1 heterocycles. The van der Waals surface area contributed by atoms with Crippen molar-refractivity contribution in [2.24, 2.45) is 0 Å². The number of carbonyl (C=O) groups is 2. The van der Waals surface area contributed by atoms with E-state index in [1.807, 2.05) is 0 Å². The van der Waals surface area contributed by atoms with Crippen molar-refractivity contribution >= 4 is 23.8 Å². The second kappa shape index (κ2) is 6.88. The number of amides is 2. The fourth-order valence-electron chi connectivity index (χ4n) is 2.20. The van der Waals surface area contributed by atoms with Crippen LogP contribution in [-0.4, -0.2) is 35.1 Å². The molecule has 5 nitrogen and oxygen atoms in total. The van der Waals surface area contributed by atoms with E-state index in [-0.39, 0.29) is 11.6 Å². The van der Waals surface area contributed by atoms with Crippen molar-refractivity contribution in [3.8, 4) is 0 Å². The second-order valence-electron chi connectivity index (χ2n) is 4.89. The minimum atomic E-state index is -1.14. The molecule has 1 fully saturated rings. The zero-order valence-corrected chi connectivity index (χ0v) is 11.5. The molecule has 0 radical (unpaired) electrons. The molecular weight excluding hydrogens is 275 g/mol. The topological polar surface area (TPSA) is 69.6 Å². The zero-order valence-electron chi connectivity index (χ0n) is 11.5. The lowest BCUT2D eigenvalue weighted by Crippen LogP contribution is -2.38. The smallest absolute Gasteiger partial charge is 0.328 e. The third-order valence-corrected chi connectivity index (χ3v) is 3.30. The monoisotopic (exact) mass is 292 g/mol. The molecule has 0 spiro atoms. The number of carboxylic acids is 1. The Balaban J connectivity index is 2.02. The number of nitrogens with one attached hydrogen (secondary N) is 1. The maximum absolute atomic E-state index is 13.8. The van der Waals surface area contributed by atoms with Crippen molar-refractivity contribution in [3.05, 3.63) is 35.7 Å². The van der Waals surface area contributed by atoms with E-state index < -0.39 is 11.8 Å². The molecule has 1 saturated heterocycles. The van der Waals surface area contributed by atoms with Gasteiger partial charge in [-0.25, -0.2) is 14.0 Å². The molecule has 1 aromatic carbocycles. The number of piperidine rings is 1. The van der Waals surface area contributed by atoms with Crippen molar-refractivity contribution in [3.63, 3.8) is 0 Å². The number of hydrogen-bond acceptors (Lipinski definition) is 2. The van der Waals surface area contributed by atoms with Crippen LogP contribution in [0.4, 0.5) is 14.9 Å². The van der Waals surface area contributed by atoms with Gasteiger partial charge in [0.2, 0.25) is 0 Å². The quantitative estimate of drug-likeness (QED) is 0.841. The maximum atomic E-state index is 13.8. The predicted octanol–water partition coefficient (Wildman–Crippen LogP) is 2.94. The first-order valence-electron chi connectivity index (χ1n) is 6.83. The molecule has 2 amide bonds. The highest BCUT2D eigenvalue weighted by molar-refractivity contribution is 5.90. The molecule has 6 heteroatoms. The molecule has 1 aromatic rings. The van der Waals surface area contributed by atoms with Crippen molar-refractivity contribution < 1.29 is 19.1 Å². The van der Waals surface area contributed by atoms with E-state index in [2.05, 4.69) is 5.32 Å². The fourth-order valence-corrected chi connectivity index (χ4v) is 2.20. The number of benzene rings is 1. The van der Waals surface area contributed by atoms with E-state index >= 15 is 0 Å². The number of hydrogen-bond donors (Lipinski definition) is 2. The minimum Gasteiger partial charge on any atom is -0.478 e. The number of carbonyl (C=O) groups excluding carboxylic acids is 1. The predicted molar refractivity (Wildman–Crippen MR) is 77.5 cm³/mol. The third kappa shape index (κ3) is 4.30. The number of carboxylic acid groups (broad SMARTS) is 1. The number of likely N-dealkylation sites (tertiary alicyclic amines) is 1. The molecule has 0 atom stereocenters. The zero-order chi connectivity index (χ0) is 15.2. The Hall–Kier alpha value is -2.37. The van der Waals surface area contributed by atoms with Gasteiger partial charge in [0, 0.05) is 30.4 Å². The highest BCUT2D eigenvalue weighted by Gasteiger charge is 2.16. The van der Waals surface area contributed by atoms with Crippen molar-refractivity contribution in [1.29, 1.82) is 0 Å². The molecule has 0 aromatic heterocycles. The van der Waals surface area contributed by atoms with Crippen molar-refractivity contribution in [2.75, 3.05) is 18.4 Å². The van der Waals surface area contributed by atoms with E-state index in [4.69, 9.17) is 5.11 Å². The van der Waals surface area contributed by atoms with Crippen LogP contribution in [0.2, 0.25) is 0 Å². The van der Waals surface area contributed by atoms with Gasteiger partial charge in [-0.2, -0.15) is 0 Å². The molecule has 112 valence electrons. The number of rotatable bonds is 3. The lowest BCUT2D eigenvalue weighted by molar-refractivity contribution is -0.131. The van der Waals surface area contributed by atoms with E-state index in [1.165, 1.54) is 18.2 Å². The van der Waals surface area contributed by atoms with Gasteiger partial charge >= 0.3 is 12.0 Å². The Labute approximate surface area is 122 Å². The SMILES string of the molecule is O=C(O)C=Cc1ccc(NC(=O)N2CCCCC2)cc1F. The van der Waals surface area contributed by atoms with Gasteiger partial charge < -0.3 is 15.3 Å². The first-order chi connectivity index (χ1) is 10.1. The van der Waals surface area contributed by atoms with E-state index in [1.54, 1.807) is 11.0 Å². The molecule has 2 rings (SSSR count). The molecule has 1 aliphatic heterocycles. The standard InChI is InChI=1S/C15H17FN2O3/c16-13-10-12(6-4-11(13)5-7-14(19)20)17-15(21)18-8-2-1-3-9-18/h4-7,10H,1-3,8-9H2,(H,17,21)(H,19,20). The van der Waals surface area contributed by atoms with E-state index in [0.717, 1.165) is 25.3 Å². The summed E-state index contributed by atoms with van der Waals surface area (Å²) in [5, 5.41) is 11.2. The van der Waals surface area contributed by atoms with Crippen LogP contribution in [-0.2, 0) is 4.79 Å². The molecule has 0 aliphatic carbocycles. The highest BCUT2D eigenvalue weighted by Crippen LogP contribution is 2.17. The van der Waals surface area contributed by atoms with Crippen LogP contribution in [0.1, 0.15) is 24.8 Å². The van der Waals surface area contributed by atoms with Gasteiger partial charge in [-0.05, 0) is 43.5 Å². The minimum absolute atomic E-state index is 0.161. The average Bonchev–Trinajstić information content (AvgIpc) is 2.47. The lowest BCUT2D eigenvalue weighted by atomic mass is 10.1. The van der Waals surface area contributed by atoms with Crippen LogP contribution < -0.4 is 5.32 Å². The summed E-state index contributed by atoms with van der Waals surface area (Å²) in [6.45, 7) is 1.43. The summed E-state index contributed by atoms with van der Waals surface area (Å²) in [5.74, 6) is -1.72. The number of urea groups is 1. The van der Waals surface area contributed by atoms with Crippen LogP contribution in [0.3, 0.4) is 0 Å². The molecule has 0 unspecified atom stereocenters. The van der Waals surface area contributed by atoms with E-state index in [0.29, 0.717) is 18.8 Å². The molecule has 2 N–H and O–H groups in total. The van der Waals surface area contributed by atoms with Crippen LogP contribution in [0.5, 0.6) is 0 Å². The summed E-state index contributed by atoms with van der Waals surface area (Å²) >= 11 is 0. The summed E-state index contributed by atoms with van der Waals surface area (Å²) in [6.07, 6.45) is 5.14. The van der Waals surface area contributed by atoms with Gasteiger partial charge in [-0.15, -0.1) is 0 Å². The van der Waals surface area contributed by atoms with Gasteiger partial charge in [0.25, 0.3) is 0 Å². The van der Waals surface area contributed by atoms with Gasteiger partial charge in [0.05, 0.1) is 0 Å². The number of nitrogens with zero attached hydrogens (tertiary/aromatic N) is 1. The second-order valence-corrected chi connectivity index (χ2v) is 4.89. The molecule has 21 heavy (non-hydrogen) atoms. The summed E-state index contributed by atoms with van der Waals surface area (Å²) in [7, 11) is 0. The largest absolute Gasteiger partial charge is 0.478 e. The Kier molecular flexibility index (Phi) is 4.92. The molecule has 1 aliphatic rings. The Morgan fingerprint density at radius 1 is 1.24 bits per heavy atom. The van der Waals surface area contributed by atoms with Crippen LogP contribution in [0.15, 0.2) is 24.3 Å². The Bertz CT molecular complexity index is 566. The molecule has 0 bridgehead atoms. The fraction of sp³-hybridized carbons (Fsp3) is 0.333. The Morgan fingerprint density at radius 3 is 2.57 bits per heavy atom. The highest BCUT2D eigenvalue weighted by atomic mass is 19.1. The first kappa shape index (κ1) is 15.0. The van der Waals surface area contributed by atoms with Crippen molar-refractivity contribution in [1.82, 2.24) is 4.90 Å². The normalized spacial score (nSPS) is 15.2. The van der Waals surface area contributed by atoms with Crippen LogP contribution in [0, 0.1) is 5.82 Å². The number of anilines is 1. The number of aliphatic carboxylic acids is 1. The van der Waals surface area contributed by atoms with Crippen molar-refractivity contribution in [2.45, 2.75) is 19.3 Å². The summed E-state index contributed by atoms with van der Waals surface area (Å²) < 4.78 is 13.8. The van der Waals surface area contributed by atoms with Crippen LogP contribution in [0.25, 0.3) is 6.08 Å². The third-order valence-electron chi connectivity index (χ3n) is 3.30. The van der Waals surface area contributed by atoms with E-state index in [9.17, 15) is 14.0 Å². The summed E-state index contributed by atoms with van der Waals surface area (Å²) in [4.78, 5) is 24.1. The van der Waals surface area contributed by atoms with Crippen LogP contribution >= 0.6 is 0 Å². The summed E-state index contributed by atoms with van der Waals surface area (Å²) in [5.41, 5.74) is 0.518.